The molecule has 0 bridgehead atoms. The SMILES string of the molecule is Nc1ccccc1-n1ccnc1S(=O)CCCOc1ccc2c(c1)CCC(=O)N2. The van der Waals surface area contributed by atoms with Gasteiger partial charge in [0, 0.05) is 30.3 Å². The minimum atomic E-state index is -1.27. The molecule has 8 heteroatoms. The Morgan fingerprint density at radius 1 is 1.21 bits per heavy atom. The molecule has 1 amide bonds. The summed E-state index contributed by atoms with van der Waals surface area (Å²) < 4.78 is 20.3. The van der Waals surface area contributed by atoms with Crippen molar-refractivity contribution in [1.82, 2.24) is 9.55 Å². The Kier molecular flexibility index (Phi) is 5.62. The van der Waals surface area contributed by atoms with Gasteiger partial charge in [-0.25, -0.2) is 4.98 Å². The number of carbonyl (C=O) groups excluding carboxylic acids is 1. The van der Waals surface area contributed by atoms with Crippen molar-refractivity contribution in [1.29, 1.82) is 0 Å². The maximum absolute atomic E-state index is 12.7. The number of rotatable bonds is 7. The fourth-order valence-electron chi connectivity index (χ4n) is 3.27. The molecule has 29 heavy (non-hydrogen) atoms. The summed E-state index contributed by atoms with van der Waals surface area (Å²) in [6.07, 6.45) is 5.22. The van der Waals surface area contributed by atoms with Crippen molar-refractivity contribution in [2.75, 3.05) is 23.4 Å². The van der Waals surface area contributed by atoms with Crippen LogP contribution in [-0.4, -0.2) is 32.0 Å². The zero-order valence-electron chi connectivity index (χ0n) is 15.8. The van der Waals surface area contributed by atoms with Gasteiger partial charge in [-0.15, -0.1) is 0 Å². The third kappa shape index (κ3) is 4.32. The number of ether oxygens (including phenoxy) is 1. The molecular weight excluding hydrogens is 388 g/mol. The summed E-state index contributed by atoms with van der Waals surface area (Å²) in [5, 5.41) is 3.33. The van der Waals surface area contributed by atoms with Crippen LogP contribution in [0.1, 0.15) is 18.4 Å². The van der Waals surface area contributed by atoms with Gasteiger partial charge in [-0.1, -0.05) is 12.1 Å². The van der Waals surface area contributed by atoms with Gasteiger partial charge in [-0.2, -0.15) is 0 Å². The summed E-state index contributed by atoms with van der Waals surface area (Å²) in [7, 11) is -1.27. The number of benzene rings is 2. The van der Waals surface area contributed by atoms with Gasteiger partial charge >= 0.3 is 0 Å². The highest BCUT2D eigenvalue weighted by molar-refractivity contribution is 7.84. The molecule has 3 aromatic rings. The van der Waals surface area contributed by atoms with E-state index in [9.17, 15) is 9.00 Å². The Hall–Kier alpha value is -3.13. The lowest BCUT2D eigenvalue weighted by atomic mass is 10.0. The van der Waals surface area contributed by atoms with Crippen molar-refractivity contribution in [2.45, 2.75) is 24.4 Å². The van der Waals surface area contributed by atoms with E-state index in [1.54, 1.807) is 23.0 Å². The number of hydrogen-bond donors (Lipinski definition) is 2. The lowest BCUT2D eigenvalue weighted by Gasteiger charge is -2.17. The Morgan fingerprint density at radius 3 is 2.93 bits per heavy atom. The zero-order chi connectivity index (χ0) is 20.2. The Bertz CT molecular complexity index is 1060. The molecule has 7 nitrogen and oxygen atoms in total. The highest BCUT2D eigenvalue weighted by Crippen LogP contribution is 2.27. The summed E-state index contributed by atoms with van der Waals surface area (Å²) >= 11 is 0. The van der Waals surface area contributed by atoms with Crippen LogP contribution in [0.25, 0.3) is 5.69 Å². The predicted molar refractivity (Wildman–Crippen MR) is 113 cm³/mol. The van der Waals surface area contributed by atoms with Gasteiger partial charge in [-0.3, -0.25) is 13.6 Å². The first-order valence-electron chi connectivity index (χ1n) is 9.44. The van der Waals surface area contributed by atoms with Gasteiger partial charge in [0.2, 0.25) is 11.1 Å². The minimum Gasteiger partial charge on any atom is -0.494 e. The van der Waals surface area contributed by atoms with E-state index in [0.29, 0.717) is 42.5 Å². The molecule has 2 aromatic carbocycles. The number of nitrogens with two attached hydrogens (primary N) is 1. The van der Waals surface area contributed by atoms with Crippen LogP contribution in [0, 0.1) is 0 Å². The first-order valence-corrected chi connectivity index (χ1v) is 10.8. The molecule has 1 aromatic heterocycles. The topological polar surface area (TPSA) is 99.2 Å². The Labute approximate surface area is 171 Å². The van der Waals surface area contributed by atoms with Crippen molar-refractivity contribution in [3.05, 3.63) is 60.4 Å². The standard InChI is InChI=1S/C21H22N4O3S/c22-17-4-1-2-5-19(17)25-11-10-23-21(25)29(27)13-3-12-28-16-7-8-18-15(14-16)6-9-20(26)24-18/h1-2,4-5,7-8,10-11,14H,3,6,9,12-13,22H2,(H,24,26). The molecule has 1 aliphatic heterocycles. The second-order valence-corrected chi connectivity index (χ2v) is 8.22. The van der Waals surface area contributed by atoms with Crippen LogP contribution in [0.3, 0.4) is 0 Å². The highest BCUT2D eigenvalue weighted by atomic mass is 32.2. The highest BCUT2D eigenvalue weighted by Gasteiger charge is 2.16. The average molecular weight is 410 g/mol. The summed E-state index contributed by atoms with van der Waals surface area (Å²) in [6, 6.07) is 13.1. The molecule has 0 radical (unpaired) electrons. The van der Waals surface area contributed by atoms with Crippen LogP contribution in [-0.2, 0) is 22.0 Å². The number of hydrogen-bond acceptors (Lipinski definition) is 5. The van der Waals surface area contributed by atoms with Crippen molar-refractivity contribution in [3.63, 3.8) is 0 Å². The van der Waals surface area contributed by atoms with Crippen molar-refractivity contribution in [3.8, 4) is 11.4 Å². The van der Waals surface area contributed by atoms with Crippen molar-refractivity contribution < 1.29 is 13.7 Å². The summed E-state index contributed by atoms with van der Waals surface area (Å²) in [6.45, 7) is 0.449. The molecule has 2 heterocycles. The van der Waals surface area contributed by atoms with Crippen molar-refractivity contribution in [2.24, 2.45) is 0 Å². The van der Waals surface area contributed by atoms with Gasteiger partial charge in [0.25, 0.3) is 0 Å². The van der Waals surface area contributed by atoms with Crippen LogP contribution in [0.5, 0.6) is 5.75 Å². The van der Waals surface area contributed by atoms with Crippen LogP contribution < -0.4 is 15.8 Å². The normalized spacial score (nSPS) is 14.1. The minimum absolute atomic E-state index is 0.0456. The van der Waals surface area contributed by atoms with E-state index < -0.39 is 10.8 Å². The second kappa shape index (κ2) is 8.48. The molecular formula is C21H22N4O3S. The van der Waals surface area contributed by atoms with Gasteiger partial charge < -0.3 is 15.8 Å². The Morgan fingerprint density at radius 2 is 2.07 bits per heavy atom. The number of nitrogens with zero attached hydrogens (tertiary/aromatic N) is 2. The lowest BCUT2D eigenvalue weighted by Crippen LogP contribution is -2.18. The second-order valence-electron chi connectivity index (χ2n) is 6.76. The van der Waals surface area contributed by atoms with Crippen LogP contribution >= 0.6 is 0 Å². The number of imidazole rings is 1. The largest absolute Gasteiger partial charge is 0.494 e. The molecule has 1 atom stereocenters. The molecule has 0 saturated carbocycles. The number of fused-ring (bicyclic) bond motifs is 1. The summed E-state index contributed by atoms with van der Waals surface area (Å²) in [4.78, 5) is 15.7. The fraction of sp³-hybridized carbons (Fsp3) is 0.238. The number of carbonyl (C=O) groups is 1. The molecule has 0 spiro atoms. The third-order valence-corrected chi connectivity index (χ3v) is 6.09. The number of aryl methyl sites for hydroxylation is 1. The van der Waals surface area contributed by atoms with Gasteiger partial charge in [0.1, 0.15) is 5.75 Å². The summed E-state index contributed by atoms with van der Waals surface area (Å²) in [5.74, 6) is 1.23. The lowest BCUT2D eigenvalue weighted by molar-refractivity contribution is -0.116. The first kappa shape index (κ1) is 19.2. The molecule has 150 valence electrons. The number of amides is 1. The maximum Gasteiger partial charge on any atom is 0.224 e. The van der Waals surface area contributed by atoms with Gasteiger partial charge in [0.05, 0.1) is 28.8 Å². The molecule has 0 fully saturated rings. The van der Waals surface area contributed by atoms with Gasteiger partial charge in [-0.05, 0) is 48.7 Å². The Balaban J connectivity index is 1.33. The predicted octanol–water partition coefficient (Wildman–Crippen LogP) is 2.92. The molecule has 1 aliphatic rings. The van der Waals surface area contributed by atoms with E-state index in [2.05, 4.69) is 10.3 Å². The number of anilines is 2. The smallest absolute Gasteiger partial charge is 0.224 e. The van der Waals surface area contributed by atoms with E-state index in [-0.39, 0.29) is 5.91 Å². The third-order valence-electron chi connectivity index (χ3n) is 4.72. The molecule has 4 rings (SSSR count). The fourth-order valence-corrected chi connectivity index (χ4v) is 4.39. The maximum atomic E-state index is 12.7. The number of nitrogens with one attached hydrogen (secondary N) is 1. The monoisotopic (exact) mass is 410 g/mol. The van der Waals surface area contributed by atoms with Crippen molar-refractivity contribution >= 4 is 28.1 Å². The van der Waals surface area contributed by atoms with E-state index in [4.69, 9.17) is 10.5 Å². The molecule has 0 aliphatic carbocycles. The summed E-state index contributed by atoms with van der Waals surface area (Å²) in [5.41, 5.74) is 9.33. The van der Waals surface area contributed by atoms with E-state index in [0.717, 1.165) is 22.7 Å². The van der Waals surface area contributed by atoms with E-state index >= 15 is 0 Å². The number of para-hydroxylation sites is 2. The molecule has 0 saturated heterocycles. The van der Waals surface area contributed by atoms with Gasteiger partial charge in [0.15, 0.2) is 0 Å². The van der Waals surface area contributed by atoms with Crippen LogP contribution in [0.4, 0.5) is 11.4 Å². The zero-order valence-corrected chi connectivity index (χ0v) is 16.7. The quantitative estimate of drug-likeness (QED) is 0.461. The van der Waals surface area contributed by atoms with Crippen LogP contribution in [0.2, 0.25) is 0 Å². The van der Waals surface area contributed by atoms with E-state index in [1.807, 2.05) is 36.4 Å². The number of nitrogen functional groups attached to an aromatic ring is 1. The first-order chi connectivity index (χ1) is 14.1. The van der Waals surface area contributed by atoms with E-state index in [1.165, 1.54) is 0 Å². The molecule has 3 N–H and O–H groups in total. The number of aromatic nitrogens is 2. The molecule has 1 unspecified atom stereocenters. The average Bonchev–Trinajstić information content (AvgIpc) is 3.21. The van der Waals surface area contributed by atoms with Crippen LogP contribution in [0.15, 0.2) is 60.0 Å².